The molecule has 0 aromatic carbocycles. The minimum Gasteiger partial charge on any atom is -0.383 e. The van der Waals surface area contributed by atoms with Gasteiger partial charge in [-0.15, -0.1) is 0 Å². The Morgan fingerprint density at radius 1 is 1.61 bits per heavy atom. The number of anilines is 1. The zero-order valence-electron chi connectivity index (χ0n) is 10.1. The number of nitrogen functional groups attached to an aromatic ring is 1. The molecule has 1 aliphatic rings. The maximum atomic E-state index is 14.1. The molecule has 5 nitrogen and oxygen atoms in total. The van der Waals surface area contributed by atoms with Crippen LogP contribution in [0.2, 0.25) is 0 Å². The van der Waals surface area contributed by atoms with Crippen LogP contribution < -0.4 is 11.4 Å². The minimum atomic E-state index is -3.11. The van der Waals surface area contributed by atoms with Crippen molar-refractivity contribution in [3.8, 4) is 0 Å². The Hall–Kier alpha value is -1.50. The van der Waals surface area contributed by atoms with E-state index in [4.69, 9.17) is 10.5 Å². The molecule has 1 aromatic heterocycles. The summed E-state index contributed by atoms with van der Waals surface area (Å²) in [5.74, 6) is -4.06. The van der Waals surface area contributed by atoms with E-state index in [1.165, 1.54) is 19.2 Å². The van der Waals surface area contributed by atoms with Crippen molar-refractivity contribution in [3.05, 3.63) is 22.7 Å². The molecule has 18 heavy (non-hydrogen) atoms. The third-order valence-electron chi connectivity index (χ3n) is 3.30. The number of nitrogens with zero attached hydrogens (tertiary/aromatic N) is 2. The Kier molecular flexibility index (Phi) is 3.10. The first-order chi connectivity index (χ1) is 8.37. The van der Waals surface area contributed by atoms with Gasteiger partial charge in [-0.05, 0) is 12.5 Å². The van der Waals surface area contributed by atoms with Crippen molar-refractivity contribution in [3.63, 3.8) is 0 Å². The second kappa shape index (κ2) is 4.31. The minimum absolute atomic E-state index is 0.00217. The monoisotopic (exact) mass is 259 g/mol. The van der Waals surface area contributed by atoms with Crippen LogP contribution in [-0.4, -0.2) is 21.6 Å². The summed E-state index contributed by atoms with van der Waals surface area (Å²) >= 11 is 0. The van der Waals surface area contributed by atoms with Crippen molar-refractivity contribution in [2.24, 2.45) is 5.92 Å². The van der Waals surface area contributed by atoms with E-state index in [0.717, 1.165) is 4.57 Å². The molecule has 2 heterocycles. The number of alkyl halides is 2. The summed E-state index contributed by atoms with van der Waals surface area (Å²) < 4.78 is 34.2. The molecule has 0 amide bonds. The topological polar surface area (TPSA) is 70.1 Å². The van der Waals surface area contributed by atoms with Crippen LogP contribution in [0.4, 0.5) is 14.6 Å². The molecule has 1 fully saturated rings. The number of hydrogen-bond donors (Lipinski definition) is 1. The van der Waals surface area contributed by atoms with Crippen LogP contribution in [0.15, 0.2) is 17.1 Å². The van der Waals surface area contributed by atoms with Crippen LogP contribution in [0.25, 0.3) is 0 Å². The summed E-state index contributed by atoms with van der Waals surface area (Å²) in [5, 5.41) is 0. The molecule has 0 radical (unpaired) electrons. The smallest absolute Gasteiger partial charge is 0.351 e. The maximum absolute atomic E-state index is 14.1. The lowest BCUT2D eigenvalue weighted by Gasteiger charge is -2.21. The predicted octanol–water partition coefficient (Wildman–Crippen LogP) is 1.40. The van der Waals surface area contributed by atoms with Crippen molar-refractivity contribution in [2.75, 3.05) is 5.73 Å². The first-order valence-electron chi connectivity index (χ1n) is 5.75. The fraction of sp³-hybridized carbons (Fsp3) is 0.636. The predicted molar refractivity (Wildman–Crippen MR) is 61.2 cm³/mol. The maximum Gasteiger partial charge on any atom is 0.351 e. The summed E-state index contributed by atoms with van der Waals surface area (Å²) in [6.07, 6.45) is -0.536. The Labute approximate surface area is 103 Å². The van der Waals surface area contributed by atoms with Gasteiger partial charge in [-0.25, -0.2) is 13.6 Å². The molecule has 7 heteroatoms. The van der Waals surface area contributed by atoms with Gasteiger partial charge in [-0.2, -0.15) is 4.98 Å². The lowest BCUT2D eigenvalue weighted by Crippen LogP contribution is -2.37. The van der Waals surface area contributed by atoms with E-state index in [2.05, 4.69) is 4.98 Å². The molecular formula is C11H15F2N3O2. The van der Waals surface area contributed by atoms with Crippen molar-refractivity contribution >= 4 is 5.82 Å². The standard InChI is InChI=1S/C11H15F2N3O2/c1-3-7-6(2)11(12,13)9(18-7)16-5-4-8(14)15-10(16)17/h4-7,9H,3H2,1-2H3,(H2,14,15,17)/t6?,7-,9?/m1/s1. The van der Waals surface area contributed by atoms with Gasteiger partial charge in [0.25, 0.3) is 5.92 Å². The number of ether oxygens (including phenoxy) is 1. The van der Waals surface area contributed by atoms with Crippen molar-refractivity contribution in [1.82, 2.24) is 9.55 Å². The van der Waals surface area contributed by atoms with Gasteiger partial charge in [0.2, 0.25) is 6.23 Å². The highest BCUT2D eigenvalue weighted by molar-refractivity contribution is 5.23. The molecule has 2 N–H and O–H groups in total. The quantitative estimate of drug-likeness (QED) is 0.871. The highest BCUT2D eigenvalue weighted by Gasteiger charge is 2.57. The van der Waals surface area contributed by atoms with E-state index in [1.54, 1.807) is 6.92 Å². The van der Waals surface area contributed by atoms with E-state index in [1.807, 2.05) is 0 Å². The number of rotatable bonds is 2. The van der Waals surface area contributed by atoms with Gasteiger partial charge >= 0.3 is 5.69 Å². The molecule has 0 bridgehead atoms. The molecule has 2 unspecified atom stereocenters. The summed E-state index contributed by atoms with van der Waals surface area (Å²) in [5.41, 5.74) is 4.49. The van der Waals surface area contributed by atoms with Crippen LogP contribution >= 0.6 is 0 Å². The van der Waals surface area contributed by atoms with Crippen LogP contribution in [0.5, 0.6) is 0 Å². The Bertz CT molecular complexity index is 503. The average molecular weight is 259 g/mol. The SMILES string of the molecule is CC[C@H]1OC(n2ccc(N)nc2=O)C(F)(F)C1C. The second-order valence-electron chi connectivity index (χ2n) is 4.44. The van der Waals surface area contributed by atoms with E-state index in [0.29, 0.717) is 6.42 Å². The van der Waals surface area contributed by atoms with Gasteiger partial charge in [0.1, 0.15) is 5.82 Å². The summed E-state index contributed by atoms with van der Waals surface area (Å²) in [7, 11) is 0. The lowest BCUT2D eigenvalue weighted by molar-refractivity contribution is -0.125. The van der Waals surface area contributed by atoms with Crippen LogP contribution in [0, 0.1) is 5.92 Å². The first-order valence-corrected chi connectivity index (χ1v) is 5.75. The molecule has 1 aliphatic heterocycles. The summed E-state index contributed by atoms with van der Waals surface area (Å²) in [6, 6.07) is 1.30. The third kappa shape index (κ3) is 1.88. The molecule has 0 aliphatic carbocycles. The van der Waals surface area contributed by atoms with Gasteiger partial charge in [-0.3, -0.25) is 4.57 Å². The van der Waals surface area contributed by atoms with Crippen LogP contribution in [0.3, 0.4) is 0 Å². The summed E-state index contributed by atoms with van der Waals surface area (Å²) in [6.45, 7) is 3.19. The highest BCUT2D eigenvalue weighted by Crippen LogP contribution is 2.46. The van der Waals surface area contributed by atoms with Crippen LogP contribution in [0.1, 0.15) is 26.5 Å². The number of nitrogens with two attached hydrogens (primary N) is 1. The number of aromatic nitrogens is 2. The third-order valence-corrected chi connectivity index (χ3v) is 3.30. The molecule has 100 valence electrons. The zero-order valence-corrected chi connectivity index (χ0v) is 10.1. The average Bonchev–Trinajstić information content (AvgIpc) is 2.52. The fourth-order valence-electron chi connectivity index (χ4n) is 2.15. The molecular weight excluding hydrogens is 244 g/mol. The highest BCUT2D eigenvalue weighted by atomic mass is 19.3. The van der Waals surface area contributed by atoms with Crippen molar-refractivity contribution < 1.29 is 13.5 Å². The van der Waals surface area contributed by atoms with Crippen molar-refractivity contribution in [1.29, 1.82) is 0 Å². The van der Waals surface area contributed by atoms with E-state index >= 15 is 0 Å². The van der Waals surface area contributed by atoms with E-state index in [9.17, 15) is 13.6 Å². The fourth-order valence-corrected chi connectivity index (χ4v) is 2.15. The summed E-state index contributed by atoms with van der Waals surface area (Å²) in [4.78, 5) is 15.0. The van der Waals surface area contributed by atoms with E-state index < -0.39 is 29.9 Å². The van der Waals surface area contributed by atoms with Gasteiger partial charge in [0.15, 0.2) is 0 Å². The largest absolute Gasteiger partial charge is 0.383 e. The number of hydrogen-bond acceptors (Lipinski definition) is 4. The van der Waals surface area contributed by atoms with Crippen molar-refractivity contribution in [2.45, 2.75) is 38.5 Å². The Morgan fingerprint density at radius 2 is 2.28 bits per heavy atom. The molecule has 1 aromatic rings. The Balaban J connectivity index is 2.42. The molecule has 2 rings (SSSR count). The molecule has 0 saturated carbocycles. The lowest BCUT2D eigenvalue weighted by atomic mass is 9.98. The zero-order chi connectivity index (χ0) is 13.5. The van der Waals surface area contributed by atoms with E-state index in [-0.39, 0.29) is 5.82 Å². The molecule has 3 atom stereocenters. The van der Waals surface area contributed by atoms with Gasteiger partial charge in [0.05, 0.1) is 12.0 Å². The first kappa shape index (κ1) is 12.9. The molecule has 1 saturated heterocycles. The Morgan fingerprint density at radius 3 is 2.78 bits per heavy atom. The van der Waals surface area contributed by atoms with Gasteiger partial charge in [-0.1, -0.05) is 13.8 Å². The van der Waals surface area contributed by atoms with Gasteiger partial charge < -0.3 is 10.5 Å². The second-order valence-corrected chi connectivity index (χ2v) is 4.44. The number of halogens is 2. The van der Waals surface area contributed by atoms with Gasteiger partial charge in [0, 0.05) is 6.20 Å². The van der Waals surface area contributed by atoms with Crippen LogP contribution in [-0.2, 0) is 4.74 Å². The normalized spacial score (nSPS) is 30.6. The molecule has 0 spiro atoms.